The van der Waals surface area contributed by atoms with Gasteiger partial charge >= 0.3 is 0 Å². The van der Waals surface area contributed by atoms with Gasteiger partial charge in [-0.2, -0.15) is 11.8 Å². The van der Waals surface area contributed by atoms with Gasteiger partial charge in [-0.05, 0) is 25.7 Å². The molecular weight excluding hydrogens is 284 g/mol. The molecule has 1 saturated heterocycles. The summed E-state index contributed by atoms with van der Waals surface area (Å²) in [6.45, 7) is 0. The van der Waals surface area contributed by atoms with Crippen molar-refractivity contribution in [2.45, 2.75) is 30.9 Å². The van der Waals surface area contributed by atoms with E-state index >= 15 is 0 Å². The maximum absolute atomic E-state index is 12.1. The van der Waals surface area contributed by atoms with Gasteiger partial charge in [0.05, 0.1) is 10.9 Å². The largest absolute Gasteiger partial charge is 0.301 e. The van der Waals surface area contributed by atoms with Crippen molar-refractivity contribution in [1.82, 2.24) is 4.98 Å². The molecule has 2 heterocycles. The van der Waals surface area contributed by atoms with Gasteiger partial charge in [-0.1, -0.05) is 0 Å². The molecule has 1 amide bonds. The lowest BCUT2D eigenvalue weighted by Gasteiger charge is -2.19. The third-order valence-corrected chi connectivity index (χ3v) is 7.01. The molecule has 2 aliphatic rings. The zero-order valence-electron chi connectivity index (χ0n) is 10.1. The highest BCUT2D eigenvalue weighted by Crippen LogP contribution is 2.31. The Labute approximate surface area is 120 Å². The Morgan fingerprint density at radius 1 is 1.28 bits per heavy atom. The van der Waals surface area contributed by atoms with Crippen molar-refractivity contribution in [2.24, 2.45) is 0 Å². The molecule has 1 N–H and O–H groups in total. The van der Waals surface area contributed by atoms with Crippen LogP contribution in [-0.4, -0.2) is 33.4 Å². The number of nitrogens with zero attached hydrogens (tertiary/aromatic N) is 1. The molecule has 1 aromatic heterocycles. The lowest BCUT2D eigenvalue weighted by molar-refractivity contribution is -0.115. The van der Waals surface area contributed by atoms with E-state index in [1.807, 2.05) is 11.8 Å². The van der Waals surface area contributed by atoms with E-state index in [9.17, 15) is 4.79 Å². The summed E-state index contributed by atoms with van der Waals surface area (Å²) in [6, 6.07) is 0. The number of aryl methyl sites for hydroxylation is 2. The highest BCUT2D eigenvalue weighted by Gasteiger charge is 2.24. The van der Waals surface area contributed by atoms with E-state index < -0.39 is 0 Å². The third-order valence-electron chi connectivity index (χ3n) is 3.18. The van der Waals surface area contributed by atoms with Crippen LogP contribution < -0.4 is 5.32 Å². The van der Waals surface area contributed by atoms with E-state index in [0.29, 0.717) is 0 Å². The maximum atomic E-state index is 12.1. The van der Waals surface area contributed by atoms with Crippen LogP contribution >= 0.6 is 34.9 Å². The number of thioether (sulfide) groups is 2. The molecule has 1 aliphatic heterocycles. The SMILES string of the molecule is O=C(Nc1nc2c(s1)CCCC2)C1CSCCS1. The summed E-state index contributed by atoms with van der Waals surface area (Å²) < 4.78 is 0. The smallest absolute Gasteiger partial charge is 0.240 e. The second-order valence-corrected chi connectivity index (χ2v) is 8.06. The molecule has 18 heavy (non-hydrogen) atoms. The van der Waals surface area contributed by atoms with Gasteiger partial charge in [0, 0.05) is 22.1 Å². The summed E-state index contributed by atoms with van der Waals surface area (Å²) in [5, 5.41) is 3.91. The average molecular weight is 300 g/mol. The van der Waals surface area contributed by atoms with E-state index in [1.165, 1.54) is 29.2 Å². The van der Waals surface area contributed by atoms with Gasteiger partial charge in [0.15, 0.2) is 5.13 Å². The minimum absolute atomic E-state index is 0.102. The zero-order chi connectivity index (χ0) is 12.4. The Kier molecular flexibility index (Phi) is 4.16. The van der Waals surface area contributed by atoms with Gasteiger partial charge in [0.2, 0.25) is 5.91 Å². The molecule has 1 aliphatic carbocycles. The van der Waals surface area contributed by atoms with E-state index in [2.05, 4.69) is 10.3 Å². The normalized spacial score (nSPS) is 23.4. The number of anilines is 1. The minimum atomic E-state index is 0.102. The highest BCUT2D eigenvalue weighted by atomic mass is 32.2. The number of aromatic nitrogens is 1. The molecule has 0 radical (unpaired) electrons. The summed E-state index contributed by atoms with van der Waals surface area (Å²) >= 11 is 5.31. The molecule has 0 bridgehead atoms. The number of fused-ring (bicyclic) bond motifs is 1. The number of carbonyl (C=O) groups excluding carboxylic acids is 1. The number of hydrogen-bond acceptors (Lipinski definition) is 5. The lowest BCUT2D eigenvalue weighted by atomic mass is 10.0. The van der Waals surface area contributed by atoms with Crippen molar-refractivity contribution in [3.8, 4) is 0 Å². The number of amides is 1. The molecule has 1 atom stereocenters. The van der Waals surface area contributed by atoms with Crippen LogP contribution in [0.15, 0.2) is 0 Å². The van der Waals surface area contributed by atoms with Gasteiger partial charge in [-0.25, -0.2) is 4.98 Å². The molecule has 0 saturated carbocycles. The van der Waals surface area contributed by atoms with Crippen LogP contribution in [0.25, 0.3) is 0 Å². The van der Waals surface area contributed by atoms with Gasteiger partial charge < -0.3 is 5.32 Å². The second-order valence-electron chi connectivity index (χ2n) is 4.52. The molecule has 1 aromatic rings. The molecule has 3 nitrogen and oxygen atoms in total. The van der Waals surface area contributed by atoms with Crippen LogP contribution in [0.5, 0.6) is 0 Å². The first-order chi connectivity index (χ1) is 8.83. The Morgan fingerprint density at radius 3 is 2.94 bits per heavy atom. The summed E-state index contributed by atoms with van der Waals surface area (Å²) in [5.41, 5.74) is 1.22. The van der Waals surface area contributed by atoms with Crippen LogP contribution in [0.2, 0.25) is 0 Å². The van der Waals surface area contributed by atoms with E-state index in [-0.39, 0.29) is 11.2 Å². The Bertz CT molecular complexity index is 417. The topological polar surface area (TPSA) is 42.0 Å². The molecule has 0 aromatic carbocycles. The fraction of sp³-hybridized carbons (Fsp3) is 0.667. The number of carbonyl (C=O) groups is 1. The van der Waals surface area contributed by atoms with Crippen molar-refractivity contribution in [1.29, 1.82) is 0 Å². The molecule has 1 fully saturated rings. The standard InChI is InChI=1S/C12H16N2OS3/c15-11(10-7-16-5-6-17-10)14-12-13-8-3-1-2-4-9(8)18-12/h10H,1-7H2,(H,13,14,15). The summed E-state index contributed by atoms with van der Waals surface area (Å²) in [7, 11) is 0. The summed E-state index contributed by atoms with van der Waals surface area (Å²) in [6.07, 6.45) is 4.71. The van der Waals surface area contributed by atoms with Crippen molar-refractivity contribution in [3.63, 3.8) is 0 Å². The molecule has 1 unspecified atom stereocenters. The minimum Gasteiger partial charge on any atom is -0.301 e. The molecule has 98 valence electrons. The summed E-state index contributed by atoms with van der Waals surface area (Å²) in [5.74, 6) is 3.32. The zero-order valence-corrected chi connectivity index (χ0v) is 12.6. The van der Waals surface area contributed by atoms with Crippen LogP contribution in [0.3, 0.4) is 0 Å². The number of nitrogens with one attached hydrogen (secondary N) is 1. The summed E-state index contributed by atoms with van der Waals surface area (Å²) in [4.78, 5) is 18.0. The van der Waals surface area contributed by atoms with Gasteiger partial charge in [-0.15, -0.1) is 23.1 Å². The number of rotatable bonds is 2. The predicted molar refractivity (Wildman–Crippen MR) is 81.0 cm³/mol. The van der Waals surface area contributed by atoms with Crippen molar-refractivity contribution in [2.75, 3.05) is 22.6 Å². The molecule has 0 spiro atoms. The first kappa shape index (κ1) is 12.8. The first-order valence-electron chi connectivity index (χ1n) is 6.32. The fourth-order valence-electron chi connectivity index (χ4n) is 2.23. The maximum Gasteiger partial charge on any atom is 0.240 e. The fourth-order valence-corrected chi connectivity index (χ4v) is 5.84. The predicted octanol–water partition coefficient (Wildman–Crippen LogP) is 2.81. The van der Waals surface area contributed by atoms with Crippen LogP contribution in [-0.2, 0) is 17.6 Å². The molecule has 3 rings (SSSR count). The Hall–Kier alpha value is -0.200. The average Bonchev–Trinajstić information content (AvgIpc) is 2.82. The van der Waals surface area contributed by atoms with E-state index in [4.69, 9.17) is 0 Å². The van der Waals surface area contributed by atoms with Gasteiger partial charge in [0.25, 0.3) is 0 Å². The Morgan fingerprint density at radius 2 is 2.17 bits per heavy atom. The quantitative estimate of drug-likeness (QED) is 0.912. The van der Waals surface area contributed by atoms with Crippen LogP contribution in [0, 0.1) is 0 Å². The van der Waals surface area contributed by atoms with Crippen LogP contribution in [0.1, 0.15) is 23.4 Å². The number of hydrogen-bond donors (Lipinski definition) is 1. The van der Waals surface area contributed by atoms with Crippen molar-refractivity contribution >= 4 is 45.9 Å². The van der Waals surface area contributed by atoms with Gasteiger partial charge in [-0.3, -0.25) is 4.79 Å². The van der Waals surface area contributed by atoms with E-state index in [0.717, 1.165) is 29.5 Å². The molecule has 6 heteroatoms. The Balaban J connectivity index is 1.64. The van der Waals surface area contributed by atoms with Crippen LogP contribution in [0.4, 0.5) is 5.13 Å². The lowest BCUT2D eigenvalue weighted by Crippen LogP contribution is -2.30. The van der Waals surface area contributed by atoms with Crippen molar-refractivity contribution in [3.05, 3.63) is 10.6 Å². The number of thiazole rings is 1. The second kappa shape index (κ2) is 5.84. The van der Waals surface area contributed by atoms with Crippen molar-refractivity contribution < 1.29 is 4.79 Å². The highest BCUT2D eigenvalue weighted by molar-refractivity contribution is 8.07. The first-order valence-corrected chi connectivity index (χ1v) is 9.34. The third kappa shape index (κ3) is 2.86. The molecular formula is C12H16N2OS3. The van der Waals surface area contributed by atoms with Gasteiger partial charge in [0.1, 0.15) is 0 Å². The van der Waals surface area contributed by atoms with E-state index in [1.54, 1.807) is 23.1 Å². The monoisotopic (exact) mass is 300 g/mol.